The molecule has 0 spiro atoms. The molecule has 0 unspecified atom stereocenters. The van der Waals surface area contributed by atoms with Crippen LogP contribution in [0.2, 0.25) is 0 Å². The molecule has 0 aliphatic carbocycles. The molecule has 0 aromatic heterocycles. The monoisotopic (exact) mass is 554 g/mol. The van der Waals surface area contributed by atoms with E-state index < -0.39 is 0 Å². The van der Waals surface area contributed by atoms with Crippen LogP contribution in [-0.4, -0.2) is 45.3 Å². The molecule has 2 rings (SSSR count). The number of nitrogens with zero attached hydrogens (tertiary/aromatic N) is 1. The van der Waals surface area contributed by atoms with Gasteiger partial charge in [0.15, 0.2) is 5.96 Å². The number of halogens is 1. The molecule has 32 heavy (non-hydrogen) atoms. The lowest BCUT2D eigenvalue weighted by atomic mass is 10.1. The number of benzene rings is 2. The van der Waals surface area contributed by atoms with Crippen molar-refractivity contribution in [2.75, 3.05) is 33.4 Å². The van der Waals surface area contributed by atoms with Gasteiger partial charge in [-0.3, -0.25) is 9.79 Å². The summed E-state index contributed by atoms with van der Waals surface area (Å²) in [6.07, 6.45) is 0. The van der Waals surface area contributed by atoms with E-state index in [0.717, 1.165) is 22.4 Å². The van der Waals surface area contributed by atoms with E-state index in [9.17, 15) is 4.79 Å². The van der Waals surface area contributed by atoms with Crippen LogP contribution in [0, 0.1) is 6.92 Å². The summed E-state index contributed by atoms with van der Waals surface area (Å²) in [6, 6.07) is 13.7. The van der Waals surface area contributed by atoms with Crippen molar-refractivity contribution < 1.29 is 14.3 Å². The van der Waals surface area contributed by atoms with E-state index in [-0.39, 0.29) is 29.9 Å². The molecule has 0 heterocycles. The number of aryl methyl sites for hydroxylation is 1. The summed E-state index contributed by atoms with van der Waals surface area (Å²) in [5.74, 6) is 1.48. The molecule has 0 bridgehead atoms. The molecule has 0 aliphatic rings. The van der Waals surface area contributed by atoms with Crippen LogP contribution < -0.4 is 20.7 Å². The van der Waals surface area contributed by atoms with Crippen LogP contribution in [-0.2, 0) is 17.8 Å². The molecular weight excluding hydrogens is 519 g/mol. The zero-order valence-corrected chi connectivity index (χ0v) is 21.7. The van der Waals surface area contributed by atoms with Crippen LogP contribution in [0.4, 0.5) is 0 Å². The summed E-state index contributed by atoms with van der Waals surface area (Å²) < 4.78 is 11.3. The van der Waals surface area contributed by atoms with Gasteiger partial charge in [-0.2, -0.15) is 0 Å². The number of hydrogen-bond acceptors (Lipinski definition) is 4. The maximum absolute atomic E-state index is 11.9. The fourth-order valence-corrected chi connectivity index (χ4v) is 2.92. The quantitative estimate of drug-likeness (QED) is 0.171. The maximum Gasteiger partial charge on any atom is 0.251 e. The number of nitrogens with one attached hydrogen (secondary N) is 3. The fourth-order valence-electron chi connectivity index (χ4n) is 2.92. The van der Waals surface area contributed by atoms with Crippen molar-refractivity contribution in [1.29, 1.82) is 0 Å². The molecule has 3 N–H and O–H groups in total. The summed E-state index contributed by atoms with van der Waals surface area (Å²) >= 11 is 0. The zero-order chi connectivity index (χ0) is 22.5. The third-order valence-corrected chi connectivity index (χ3v) is 4.60. The zero-order valence-electron chi connectivity index (χ0n) is 19.4. The standard InChI is InChI=1S/C24H34N4O3.HI/c1-5-26-23(29)20-11-8-19(9-12-20)16-27-24(25-4)28-17-21-10-7-18(3)15-22(21)31-14-13-30-6-2;/h7-12,15H,5-6,13-14,16-17H2,1-4H3,(H,26,29)(H2,25,27,28);1H. The van der Waals surface area contributed by atoms with Gasteiger partial charge in [0.05, 0.1) is 6.61 Å². The van der Waals surface area contributed by atoms with E-state index in [0.29, 0.717) is 51.0 Å². The van der Waals surface area contributed by atoms with Gasteiger partial charge in [-0.15, -0.1) is 24.0 Å². The Bertz CT molecular complexity index is 857. The molecule has 0 atom stereocenters. The number of aliphatic imine (C=N–C) groups is 1. The minimum Gasteiger partial charge on any atom is -0.491 e. The van der Waals surface area contributed by atoms with Gasteiger partial charge in [0.25, 0.3) is 5.91 Å². The Morgan fingerprint density at radius 2 is 1.69 bits per heavy atom. The largest absolute Gasteiger partial charge is 0.491 e. The second-order valence-electron chi connectivity index (χ2n) is 6.99. The number of guanidine groups is 1. The first-order valence-electron chi connectivity index (χ1n) is 10.7. The van der Waals surface area contributed by atoms with Crippen molar-refractivity contribution in [3.05, 3.63) is 64.7 Å². The molecule has 7 nitrogen and oxygen atoms in total. The Labute approximate surface area is 208 Å². The highest BCUT2D eigenvalue weighted by Gasteiger charge is 2.07. The summed E-state index contributed by atoms with van der Waals surface area (Å²) in [7, 11) is 1.74. The van der Waals surface area contributed by atoms with Crippen LogP contribution in [0.15, 0.2) is 47.5 Å². The normalized spacial score (nSPS) is 10.8. The topological polar surface area (TPSA) is 84.0 Å². The van der Waals surface area contributed by atoms with Crippen molar-refractivity contribution in [2.45, 2.75) is 33.9 Å². The first kappa shape index (κ1) is 27.7. The van der Waals surface area contributed by atoms with Gasteiger partial charge in [0, 0.05) is 44.4 Å². The second kappa shape index (κ2) is 15.5. The summed E-state index contributed by atoms with van der Waals surface area (Å²) in [5, 5.41) is 9.42. The summed E-state index contributed by atoms with van der Waals surface area (Å²) in [6.45, 7) is 9.49. The molecule has 0 fully saturated rings. The molecular formula is C24H35IN4O3. The lowest BCUT2D eigenvalue weighted by Crippen LogP contribution is -2.36. The highest BCUT2D eigenvalue weighted by Crippen LogP contribution is 2.20. The molecule has 0 saturated heterocycles. The summed E-state index contributed by atoms with van der Waals surface area (Å²) in [5.41, 5.74) is 3.92. The highest BCUT2D eigenvalue weighted by atomic mass is 127. The van der Waals surface area contributed by atoms with E-state index >= 15 is 0 Å². The van der Waals surface area contributed by atoms with Gasteiger partial charge in [-0.25, -0.2) is 0 Å². The van der Waals surface area contributed by atoms with Gasteiger partial charge in [0.2, 0.25) is 0 Å². The van der Waals surface area contributed by atoms with Crippen LogP contribution in [0.25, 0.3) is 0 Å². The number of rotatable bonds is 11. The van der Waals surface area contributed by atoms with Crippen LogP contribution >= 0.6 is 24.0 Å². The van der Waals surface area contributed by atoms with Gasteiger partial charge in [-0.05, 0) is 50.1 Å². The number of hydrogen-bond donors (Lipinski definition) is 3. The predicted molar refractivity (Wildman–Crippen MR) is 140 cm³/mol. The number of ether oxygens (including phenoxy) is 2. The minimum absolute atomic E-state index is 0. The minimum atomic E-state index is -0.0585. The van der Waals surface area contributed by atoms with Crippen LogP contribution in [0.1, 0.15) is 40.9 Å². The molecule has 0 saturated carbocycles. The van der Waals surface area contributed by atoms with E-state index in [1.54, 1.807) is 7.05 Å². The van der Waals surface area contributed by atoms with E-state index in [1.807, 2.05) is 51.1 Å². The molecule has 2 aromatic rings. The van der Waals surface area contributed by atoms with Gasteiger partial charge in [-0.1, -0.05) is 24.3 Å². The highest BCUT2D eigenvalue weighted by molar-refractivity contribution is 14.0. The van der Waals surface area contributed by atoms with Crippen molar-refractivity contribution >= 4 is 35.8 Å². The molecule has 2 aromatic carbocycles. The van der Waals surface area contributed by atoms with E-state index in [1.165, 1.54) is 0 Å². The maximum atomic E-state index is 11.9. The van der Waals surface area contributed by atoms with E-state index in [2.05, 4.69) is 33.1 Å². The third kappa shape index (κ3) is 9.44. The van der Waals surface area contributed by atoms with Crippen LogP contribution in [0.3, 0.4) is 0 Å². The van der Waals surface area contributed by atoms with E-state index in [4.69, 9.17) is 9.47 Å². The lowest BCUT2D eigenvalue weighted by Gasteiger charge is -2.16. The van der Waals surface area contributed by atoms with Gasteiger partial charge in [0.1, 0.15) is 12.4 Å². The molecule has 1 amide bonds. The Balaban J connectivity index is 0.00000512. The molecule has 176 valence electrons. The average Bonchev–Trinajstić information content (AvgIpc) is 2.78. The smallest absolute Gasteiger partial charge is 0.251 e. The SMILES string of the molecule is CCNC(=O)c1ccc(CNC(=NC)NCc2ccc(C)cc2OCCOCC)cc1.I. The first-order valence-corrected chi connectivity index (χ1v) is 10.7. The number of carbonyl (C=O) groups is 1. The molecule has 0 radical (unpaired) electrons. The van der Waals surface area contributed by atoms with Crippen molar-refractivity contribution in [2.24, 2.45) is 4.99 Å². The van der Waals surface area contributed by atoms with Crippen molar-refractivity contribution in [1.82, 2.24) is 16.0 Å². The predicted octanol–water partition coefficient (Wildman–Crippen LogP) is 3.64. The molecule has 0 aliphatic heterocycles. The lowest BCUT2D eigenvalue weighted by molar-refractivity contribution is 0.0956. The fraction of sp³-hybridized carbons (Fsp3) is 0.417. The van der Waals surface area contributed by atoms with Crippen molar-refractivity contribution in [3.63, 3.8) is 0 Å². The van der Waals surface area contributed by atoms with Crippen LogP contribution in [0.5, 0.6) is 5.75 Å². The Morgan fingerprint density at radius 3 is 2.34 bits per heavy atom. The second-order valence-corrected chi connectivity index (χ2v) is 6.99. The number of amides is 1. The molecule has 8 heteroatoms. The van der Waals surface area contributed by atoms with Gasteiger partial charge >= 0.3 is 0 Å². The Kier molecular flexibility index (Phi) is 13.4. The summed E-state index contributed by atoms with van der Waals surface area (Å²) in [4.78, 5) is 16.2. The average molecular weight is 554 g/mol. The van der Waals surface area contributed by atoms with Gasteiger partial charge < -0.3 is 25.4 Å². The first-order chi connectivity index (χ1) is 15.1. The van der Waals surface area contributed by atoms with Crippen molar-refractivity contribution in [3.8, 4) is 5.75 Å². The third-order valence-electron chi connectivity index (χ3n) is 4.60. The Morgan fingerprint density at radius 1 is 0.969 bits per heavy atom. The number of carbonyl (C=O) groups excluding carboxylic acids is 1. The Hall–Kier alpha value is -2.33.